The molecule has 1 aliphatic carbocycles. The van der Waals surface area contributed by atoms with Crippen molar-refractivity contribution in [2.24, 2.45) is 0 Å². The Hall–Kier alpha value is -0.540. The van der Waals surface area contributed by atoms with Crippen LogP contribution in [0.4, 0.5) is 0 Å². The summed E-state index contributed by atoms with van der Waals surface area (Å²) < 4.78 is 5.98. The lowest BCUT2D eigenvalue weighted by Gasteiger charge is -2.09. The number of fused-ring (bicyclic) bond motifs is 1. The fourth-order valence-electron chi connectivity index (χ4n) is 2.41. The highest BCUT2D eigenvalue weighted by atomic mass is 32.1. The van der Waals surface area contributed by atoms with Crippen molar-refractivity contribution in [3.63, 3.8) is 0 Å². The van der Waals surface area contributed by atoms with E-state index in [1.165, 1.54) is 25.7 Å². The molecule has 0 saturated carbocycles. The summed E-state index contributed by atoms with van der Waals surface area (Å²) in [5.74, 6) is 0. The Morgan fingerprint density at radius 2 is 2.27 bits per heavy atom. The van der Waals surface area contributed by atoms with E-state index in [1.54, 1.807) is 10.4 Å². The molecule has 1 N–H and O–H groups in total. The molecule has 15 heavy (non-hydrogen) atoms. The van der Waals surface area contributed by atoms with E-state index in [2.05, 4.69) is 11.4 Å². The van der Waals surface area contributed by atoms with Crippen LogP contribution in [0.15, 0.2) is 6.07 Å². The van der Waals surface area contributed by atoms with E-state index < -0.39 is 0 Å². The van der Waals surface area contributed by atoms with Crippen LogP contribution in [0.1, 0.15) is 29.7 Å². The van der Waals surface area contributed by atoms with Gasteiger partial charge in [-0.2, -0.15) is 0 Å². The third kappa shape index (κ3) is 2.04. The molecule has 1 atom stereocenters. The second-order valence-electron chi connectivity index (χ2n) is 4.45. The number of hydrogen-bond acceptors (Lipinski definition) is 3. The van der Waals surface area contributed by atoms with Crippen molar-refractivity contribution in [3.8, 4) is 5.06 Å². The first-order valence-electron chi connectivity index (χ1n) is 5.91. The number of rotatable bonds is 2. The van der Waals surface area contributed by atoms with Crippen LogP contribution < -0.4 is 10.1 Å². The minimum absolute atomic E-state index is 0.408. The van der Waals surface area contributed by atoms with E-state index >= 15 is 0 Å². The summed E-state index contributed by atoms with van der Waals surface area (Å²) in [6, 6.07) is 2.28. The molecule has 2 aliphatic rings. The van der Waals surface area contributed by atoms with Crippen molar-refractivity contribution >= 4 is 11.3 Å². The van der Waals surface area contributed by atoms with Crippen LogP contribution in [0.2, 0.25) is 0 Å². The maximum Gasteiger partial charge on any atom is 0.174 e. The normalized spacial score (nSPS) is 25.2. The lowest BCUT2D eigenvalue weighted by molar-refractivity contribution is 0.230. The lowest BCUT2D eigenvalue weighted by Crippen LogP contribution is -2.18. The van der Waals surface area contributed by atoms with Gasteiger partial charge in [-0.1, -0.05) is 0 Å². The van der Waals surface area contributed by atoms with Gasteiger partial charge in [-0.25, -0.2) is 0 Å². The maximum atomic E-state index is 5.98. The molecular formula is C12H17NOS. The zero-order valence-electron chi connectivity index (χ0n) is 8.92. The van der Waals surface area contributed by atoms with Crippen LogP contribution >= 0.6 is 11.3 Å². The van der Waals surface area contributed by atoms with Gasteiger partial charge < -0.3 is 10.1 Å². The van der Waals surface area contributed by atoms with Crippen LogP contribution in [-0.2, 0) is 12.8 Å². The average molecular weight is 223 g/mol. The van der Waals surface area contributed by atoms with E-state index in [-0.39, 0.29) is 0 Å². The van der Waals surface area contributed by atoms with Gasteiger partial charge >= 0.3 is 0 Å². The molecule has 3 heteroatoms. The molecular weight excluding hydrogens is 206 g/mol. The fraction of sp³-hybridized carbons (Fsp3) is 0.667. The van der Waals surface area contributed by atoms with Crippen LogP contribution in [-0.4, -0.2) is 19.2 Å². The van der Waals surface area contributed by atoms with Crippen LogP contribution in [0.5, 0.6) is 5.06 Å². The molecule has 1 fully saturated rings. The minimum Gasteiger partial charge on any atom is -0.479 e. The smallest absolute Gasteiger partial charge is 0.174 e. The predicted molar refractivity (Wildman–Crippen MR) is 62.9 cm³/mol. The van der Waals surface area contributed by atoms with Gasteiger partial charge in [0.1, 0.15) is 6.10 Å². The van der Waals surface area contributed by atoms with E-state index in [0.717, 1.165) is 24.6 Å². The Bertz CT molecular complexity index is 318. The third-order valence-corrected chi connectivity index (χ3v) is 4.40. The summed E-state index contributed by atoms with van der Waals surface area (Å²) in [7, 11) is 0. The zero-order valence-corrected chi connectivity index (χ0v) is 9.74. The summed E-state index contributed by atoms with van der Waals surface area (Å²) in [5.41, 5.74) is 1.55. The van der Waals surface area contributed by atoms with Crippen molar-refractivity contribution in [3.05, 3.63) is 16.5 Å². The average Bonchev–Trinajstić information content (AvgIpc) is 2.86. The Balaban J connectivity index is 1.72. The molecule has 2 nitrogen and oxygen atoms in total. The first-order chi connectivity index (χ1) is 7.42. The highest BCUT2D eigenvalue weighted by molar-refractivity contribution is 7.14. The van der Waals surface area contributed by atoms with Gasteiger partial charge in [0, 0.05) is 11.4 Å². The highest BCUT2D eigenvalue weighted by Crippen LogP contribution is 2.35. The predicted octanol–water partition coefficient (Wildman–Crippen LogP) is 2.37. The van der Waals surface area contributed by atoms with Crippen molar-refractivity contribution in [1.82, 2.24) is 5.32 Å². The summed E-state index contributed by atoms with van der Waals surface area (Å²) >= 11 is 1.87. The molecule has 0 radical (unpaired) electrons. The van der Waals surface area contributed by atoms with Crippen LogP contribution in [0.25, 0.3) is 0 Å². The van der Waals surface area contributed by atoms with Crippen molar-refractivity contribution < 1.29 is 4.74 Å². The monoisotopic (exact) mass is 223 g/mol. The number of aryl methyl sites for hydroxylation is 2. The van der Waals surface area contributed by atoms with E-state index in [4.69, 9.17) is 4.74 Å². The van der Waals surface area contributed by atoms with Gasteiger partial charge in [0.05, 0.1) is 0 Å². The molecule has 1 saturated heterocycles. The Morgan fingerprint density at radius 1 is 1.33 bits per heavy atom. The van der Waals surface area contributed by atoms with Gasteiger partial charge in [-0.3, -0.25) is 0 Å². The SMILES string of the molecule is c1c(OC2CCNC2)sc2c1CCCC2. The van der Waals surface area contributed by atoms with Gasteiger partial charge in [0.25, 0.3) is 0 Å². The molecule has 3 rings (SSSR count). The van der Waals surface area contributed by atoms with Crippen molar-refractivity contribution in [2.45, 2.75) is 38.2 Å². The summed E-state index contributed by atoms with van der Waals surface area (Å²) in [6.45, 7) is 2.12. The van der Waals surface area contributed by atoms with E-state index in [0.29, 0.717) is 6.10 Å². The second kappa shape index (κ2) is 4.14. The van der Waals surface area contributed by atoms with Gasteiger partial charge in [-0.15, -0.1) is 11.3 Å². The van der Waals surface area contributed by atoms with E-state index in [9.17, 15) is 0 Å². The molecule has 1 aromatic rings. The van der Waals surface area contributed by atoms with Crippen molar-refractivity contribution in [1.29, 1.82) is 0 Å². The molecule has 0 amide bonds. The zero-order chi connectivity index (χ0) is 10.1. The molecule has 0 aromatic carbocycles. The van der Waals surface area contributed by atoms with Gasteiger partial charge in [0.15, 0.2) is 5.06 Å². The van der Waals surface area contributed by atoms with Gasteiger partial charge in [-0.05, 0) is 50.3 Å². The maximum absolute atomic E-state index is 5.98. The molecule has 0 spiro atoms. The fourth-order valence-corrected chi connectivity index (χ4v) is 3.58. The van der Waals surface area contributed by atoms with E-state index in [1.807, 2.05) is 11.3 Å². The Morgan fingerprint density at radius 3 is 3.07 bits per heavy atom. The first-order valence-corrected chi connectivity index (χ1v) is 6.72. The quantitative estimate of drug-likeness (QED) is 0.831. The van der Waals surface area contributed by atoms with Gasteiger partial charge in [0.2, 0.25) is 0 Å². The summed E-state index contributed by atoms with van der Waals surface area (Å²) in [5, 5.41) is 4.48. The molecule has 0 bridgehead atoms. The minimum atomic E-state index is 0.408. The largest absolute Gasteiger partial charge is 0.479 e. The number of nitrogens with one attached hydrogen (secondary N) is 1. The number of ether oxygens (including phenoxy) is 1. The third-order valence-electron chi connectivity index (χ3n) is 3.27. The molecule has 1 aliphatic heterocycles. The van der Waals surface area contributed by atoms with Crippen LogP contribution in [0, 0.1) is 0 Å². The topological polar surface area (TPSA) is 21.3 Å². The molecule has 1 aromatic heterocycles. The molecule has 1 unspecified atom stereocenters. The molecule has 2 heterocycles. The highest BCUT2D eigenvalue weighted by Gasteiger charge is 2.19. The Labute approximate surface area is 94.6 Å². The Kier molecular flexibility index (Phi) is 2.67. The lowest BCUT2D eigenvalue weighted by atomic mass is 10.00. The standard InChI is InChI=1S/C12H17NOS/c1-2-4-11-9(3-1)7-12(15-11)14-10-5-6-13-8-10/h7,10,13H,1-6,8H2. The number of thiophene rings is 1. The first kappa shape index (κ1) is 9.67. The summed E-state index contributed by atoms with van der Waals surface area (Å²) in [6.07, 6.45) is 6.81. The van der Waals surface area contributed by atoms with Crippen molar-refractivity contribution in [2.75, 3.05) is 13.1 Å². The molecule has 82 valence electrons. The summed E-state index contributed by atoms with van der Waals surface area (Å²) in [4.78, 5) is 1.57. The van der Waals surface area contributed by atoms with Crippen LogP contribution in [0.3, 0.4) is 0 Å². The number of hydrogen-bond donors (Lipinski definition) is 1. The second-order valence-corrected chi connectivity index (χ2v) is 5.55.